The van der Waals surface area contributed by atoms with Crippen molar-refractivity contribution in [3.8, 4) is 0 Å². The molecule has 2 atom stereocenters. The van der Waals surface area contributed by atoms with Gasteiger partial charge in [0.05, 0.1) is 5.92 Å². The molecule has 3 aliphatic rings. The van der Waals surface area contributed by atoms with Gasteiger partial charge in [-0.05, 0) is 74.8 Å². The summed E-state index contributed by atoms with van der Waals surface area (Å²) in [6.45, 7) is 1.42. The van der Waals surface area contributed by atoms with Crippen molar-refractivity contribution in [3.05, 3.63) is 35.4 Å². The zero-order valence-corrected chi connectivity index (χ0v) is 16.7. The van der Waals surface area contributed by atoms with Crippen molar-refractivity contribution < 1.29 is 9.59 Å². The summed E-state index contributed by atoms with van der Waals surface area (Å²) >= 11 is 0. The number of aryl methyl sites for hydroxylation is 1. The average Bonchev–Trinajstić information content (AvgIpc) is 3.22. The number of rotatable bonds is 4. The summed E-state index contributed by atoms with van der Waals surface area (Å²) < 4.78 is 0. The molecule has 152 valence electrons. The van der Waals surface area contributed by atoms with Crippen LogP contribution < -0.4 is 11.1 Å². The minimum atomic E-state index is -0.299. The van der Waals surface area contributed by atoms with E-state index in [9.17, 15) is 9.59 Å². The third-order valence-electron chi connectivity index (χ3n) is 6.96. The van der Waals surface area contributed by atoms with E-state index in [1.165, 1.54) is 11.1 Å². The molecule has 2 aliphatic carbocycles. The van der Waals surface area contributed by atoms with E-state index in [4.69, 9.17) is 5.73 Å². The van der Waals surface area contributed by atoms with Crippen molar-refractivity contribution >= 4 is 11.8 Å². The van der Waals surface area contributed by atoms with Crippen LogP contribution >= 0.6 is 0 Å². The number of likely N-dealkylation sites (tertiary alicyclic amines) is 1. The number of benzene rings is 1. The molecule has 1 saturated carbocycles. The van der Waals surface area contributed by atoms with Gasteiger partial charge in [0.25, 0.3) is 0 Å². The van der Waals surface area contributed by atoms with Gasteiger partial charge < -0.3 is 16.0 Å². The molecule has 5 heteroatoms. The van der Waals surface area contributed by atoms with Crippen LogP contribution in [0.5, 0.6) is 0 Å². The SMILES string of the molecule is NC1CCC(CNC(=O)[C@@H]2CCCN2C(=O)[C@H]2CCCc3ccccc32)CC1. The molecule has 28 heavy (non-hydrogen) atoms. The highest BCUT2D eigenvalue weighted by atomic mass is 16.2. The first-order valence-corrected chi connectivity index (χ1v) is 11.0. The Morgan fingerprint density at radius 2 is 1.82 bits per heavy atom. The molecule has 0 spiro atoms. The van der Waals surface area contributed by atoms with Crippen LogP contribution in [0.1, 0.15) is 68.4 Å². The third kappa shape index (κ3) is 4.09. The highest BCUT2D eigenvalue weighted by molar-refractivity contribution is 5.91. The van der Waals surface area contributed by atoms with Crippen molar-refractivity contribution in [2.45, 2.75) is 75.8 Å². The van der Waals surface area contributed by atoms with E-state index in [1.54, 1.807) is 0 Å². The predicted molar refractivity (Wildman–Crippen MR) is 110 cm³/mol. The zero-order valence-electron chi connectivity index (χ0n) is 16.7. The van der Waals surface area contributed by atoms with Crippen LogP contribution in [0.2, 0.25) is 0 Å². The number of hydrogen-bond donors (Lipinski definition) is 2. The molecule has 0 unspecified atom stereocenters. The summed E-state index contributed by atoms with van der Waals surface area (Å²) in [6, 6.07) is 8.33. The summed E-state index contributed by atoms with van der Waals surface area (Å²) in [7, 11) is 0. The van der Waals surface area contributed by atoms with Crippen molar-refractivity contribution in [2.24, 2.45) is 11.7 Å². The molecular weight excluding hydrogens is 350 g/mol. The van der Waals surface area contributed by atoms with Crippen LogP contribution in [0.25, 0.3) is 0 Å². The zero-order chi connectivity index (χ0) is 19.5. The van der Waals surface area contributed by atoms with Gasteiger partial charge in [0.1, 0.15) is 6.04 Å². The van der Waals surface area contributed by atoms with Gasteiger partial charge >= 0.3 is 0 Å². The molecule has 1 aliphatic heterocycles. The number of amides is 2. The molecule has 1 heterocycles. The van der Waals surface area contributed by atoms with Crippen LogP contribution in [0.4, 0.5) is 0 Å². The fourth-order valence-corrected chi connectivity index (χ4v) is 5.27. The van der Waals surface area contributed by atoms with Crippen molar-refractivity contribution in [2.75, 3.05) is 13.1 Å². The topological polar surface area (TPSA) is 75.4 Å². The third-order valence-corrected chi connectivity index (χ3v) is 6.96. The molecule has 1 aromatic rings. The molecule has 3 N–H and O–H groups in total. The van der Waals surface area contributed by atoms with Gasteiger partial charge in [-0.3, -0.25) is 9.59 Å². The quantitative estimate of drug-likeness (QED) is 0.839. The van der Waals surface area contributed by atoms with Gasteiger partial charge in [0.2, 0.25) is 11.8 Å². The smallest absolute Gasteiger partial charge is 0.242 e. The Kier molecular flexibility index (Phi) is 6.00. The Morgan fingerprint density at radius 3 is 2.64 bits per heavy atom. The van der Waals surface area contributed by atoms with Crippen molar-refractivity contribution in [3.63, 3.8) is 0 Å². The first-order valence-electron chi connectivity index (χ1n) is 11.0. The molecule has 2 fully saturated rings. The molecule has 1 aromatic carbocycles. The maximum absolute atomic E-state index is 13.4. The summed E-state index contributed by atoms with van der Waals surface area (Å²) in [6.07, 6.45) is 8.96. The number of fused-ring (bicyclic) bond motifs is 1. The molecule has 4 rings (SSSR count). The number of nitrogens with one attached hydrogen (secondary N) is 1. The lowest BCUT2D eigenvalue weighted by molar-refractivity contribution is -0.140. The van der Waals surface area contributed by atoms with Crippen LogP contribution in [0, 0.1) is 5.92 Å². The van der Waals surface area contributed by atoms with E-state index in [1.807, 2.05) is 11.0 Å². The highest BCUT2D eigenvalue weighted by Crippen LogP contribution is 2.34. The van der Waals surface area contributed by atoms with Crippen LogP contribution in [0.3, 0.4) is 0 Å². The molecular formula is C23H33N3O2. The second-order valence-electron chi connectivity index (χ2n) is 8.86. The molecule has 5 nitrogen and oxygen atoms in total. The van der Waals surface area contributed by atoms with Crippen molar-refractivity contribution in [1.82, 2.24) is 10.2 Å². The lowest BCUT2D eigenvalue weighted by Gasteiger charge is -2.32. The number of nitrogens with two attached hydrogens (primary N) is 1. The highest BCUT2D eigenvalue weighted by Gasteiger charge is 2.38. The van der Waals surface area contributed by atoms with Gasteiger partial charge in [-0.15, -0.1) is 0 Å². The summed E-state index contributed by atoms with van der Waals surface area (Å²) in [5.41, 5.74) is 8.44. The van der Waals surface area contributed by atoms with E-state index in [0.717, 1.165) is 64.3 Å². The maximum atomic E-state index is 13.4. The molecule has 0 radical (unpaired) electrons. The van der Waals surface area contributed by atoms with Crippen LogP contribution in [0.15, 0.2) is 24.3 Å². The first-order chi connectivity index (χ1) is 13.6. The van der Waals surface area contributed by atoms with Gasteiger partial charge in [-0.2, -0.15) is 0 Å². The van der Waals surface area contributed by atoms with Gasteiger partial charge in [-0.25, -0.2) is 0 Å². The fourth-order valence-electron chi connectivity index (χ4n) is 5.27. The van der Waals surface area contributed by atoms with Gasteiger partial charge in [0.15, 0.2) is 0 Å². The maximum Gasteiger partial charge on any atom is 0.242 e. The van der Waals surface area contributed by atoms with E-state index in [0.29, 0.717) is 18.5 Å². The second-order valence-corrected chi connectivity index (χ2v) is 8.86. The largest absolute Gasteiger partial charge is 0.354 e. The lowest BCUT2D eigenvalue weighted by atomic mass is 9.82. The minimum absolute atomic E-state index is 0.0322. The van der Waals surface area contributed by atoms with Gasteiger partial charge in [0, 0.05) is 19.1 Å². The Bertz CT molecular complexity index is 712. The number of nitrogens with zero attached hydrogens (tertiary/aromatic N) is 1. The fraction of sp³-hybridized carbons (Fsp3) is 0.652. The number of carbonyl (C=O) groups excluding carboxylic acids is 2. The second kappa shape index (κ2) is 8.64. The number of carbonyl (C=O) groups is 2. The monoisotopic (exact) mass is 383 g/mol. The molecule has 0 bridgehead atoms. The normalized spacial score (nSPS) is 30.0. The Morgan fingerprint density at radius 1 is 1.04 bits per heavy atom. The Hall–Kier alpha value is -1.88. The van der Waals surface area contributed by atoms with E-state index >= 15 is 0 Å². The molecule has 0 aromatic heterocycles. The summed E-state index contributed by atoms with van der Waals surface area (Å²) in [4.78, 5) is 28.1. The van der Waals surface area contributed by atoms with E-state index < -0.39 is 0 Å². The lowest BCUT2D eigenvalue weighted by Crippen LogP contribution is -2.48. The van der Waals surface area contributed by atoms with Crippen LogP contribution in [-0.4, -0.2) is 41.9 Å². The predicted octanol–water partition coefficient (Wildman–Crippen LogP) is 2.73. The van der Waals surface area contributed by atoms with Crippen molar-refractivity contribution in [1.29, 1.82) is 0 Å². The Labute approximate surface area is 168 Å². The summed E-state index contributed by atoms with van der Waals surface area (Å²) in [5.74, 6) is 0.621. The average molecular weight is 384 g/mol. The van der Waals surface area contributed by atoms with E-state index in [-0.39, 0.29) is 23.8 Å². The molecule has 2 amide bonds. The number of hydrogen-bond acceptors (Lipinski definition) is 3. The van der Waals surface area contributed by atoms with Crippen LogP contribution in [-0.2, 0) is 16.0 Å². The van der Waals surface area contributed by atoms with E-state index in [2.05, 4.69) is 23.5 Å². The standard InChI is InChI=1S/C23H33N3O2/c24-18-12-10-16(11-13-18)15-25-22(27)21-9-4-14-26(21)23(28)20-8-3-6-17-5-1-2-7-19(17)20/h1-2,5,7,16,18,20-21H,3-4,6,8-15,24H2,(H,25,27)/t16?,18?,20-,21-/m0/s1. The minimum Gasteiger partial charge on any atom is -0.354 e. The Balaban J connectivity index is 1.38. The van der Waals surface area contributed by atoms with Gasteiger partial charge in [-0.1, -0.05) is 24.3 Å². The molecule has 1 saturated heterocycles. The summed E-state index contributed by atoms with van der Waals surface area (Å²) in [5, 5.41) is 3.14. The first kappa shape index (κ1) is 19.4.